The molecule has 1 aliphatic heterocycles. The molecule has 7 heteroatoms. The molecule has 150 valence electrons. The van der Waals surface area contributed by atoms with Crippen molar-refractivity contribution in [3.8, 4) is 5.75 Å². The minimum atomic E-state index is -0.917. The molecule has 3 rings (SSSR count). The molecule has 0 radical (unpaired) electrons. The number of halogens is 2. The van der Waals surface area contributed by atoms with E-state index in [1.807, 2.05) is 31.2 Å². The quantitative estimate of drug-likeness (QED) is 0.842. The summed E-state index contributed by atoms with van der Waals surface area (Å²) in [6.07, 6.45) is 0. The SMILES string of the molecule is CCOc1ccccc1N1CCN(C(=O)N[C@@H](C)c2ccc(F)c(F)c2)CC1. The van der Waals surface area contributed by atoms with Gasteiger partial charge in [0, 0.05) is 26.2 Å². The van der Waals surface area contributed by atoms with Crippen molar-refractivity contribution in [1.29, 1.82) is 0 Å². The highest BCUT2D eigenvalue weighted by Crippen LogP contribution is 2.28. The van der Waals surface area contributed by atoms with Crippen LogP contribution in [0.2, 0.25) is 0 Å². The van der Waals surface area contributed by atoms with Crippen LogP contribution in [-0.4, -0.2) is 43.7 Å². The Kier molecular flexibility index (Phi) is 6.34. The van der Waals surface area contributed by atoms with Gasteiger partial charge in [0.25, 0.3) is 0 Å². The van der Waals surface area contributed by atoms with Crippen molar-refractivity contribution in [3.05, 3.63) is 59.7 Å². The molecule has 0 bridgehead atoms. The molecular formula is C21H25F2N3O2. The largest absolute Gasteiger partial charge is 0.492 e. The van der Waals surface area contributed by atoms with Gasteiger partial charge in [0.15, 0.2) is 11.6 Å². The highest BCUT2D eigenvalue weighted by Gasteiger charge is 2.24. The monoisotopic (exact) mass is 389 g/mol. The van der Waals surface area contributed by atoms with E-state index in [-0.39, 0.29) is 6.03 Å². The van der Waals surface area contributed by atoms with E-state index in [4.69, 9.17) is 4.74 Å². The van der Waals surface area contributed by atoms with E-state index < -0.39 is 17.7 Å². The molecule has 0 saturated carbocycles. The summed E-state index contributed by atoms with van der Waals surface area (Å²) in [5, 5.41) is 2.85. The maximum atomic E-state index is 13.4. The van der Waals surface area contributed by atoms with Crippen molar-refractivity contribution in [1.82, 2.24) is 10.2 Å². The van der Waals surface area contributed by atoms with Gasteiger partial charge in [0.1, 0.15) is 5.75 Å². The smallest absolute Gasteiger partial charge is 0.317 e. The lowest BCUT2D eigenvalue weighted by atomic mass is 10.1. The van der Waals surface area contributed by atoms with Crippen molar-refractivity contribution in [3.63, 3.8) is 0 Å². The number of anilines is 1. The van der Waals surface area contributed by atoms with Crippen molar-refractivity contribution in [2.24, 2.45) is 0 Å². The van der Waals surface area contributed by atoms with E-state index in [2.05, 4.69) is 10.2 Å². The second-order valence-corrected chi connectivity index (χ2v) is 6.72. The number of nitrogens with zero attached hydrogens (tertiary/aromatic N) is 2. The van der Waals surface area contributed by atoms with Crippen molar-refractivity contribution >= 4 is 11.7 Å². The summed E-state index contributed by atoms with van der Waals surface area (Å²) in [6, 6.07) is 10.9. The molecule has 1 fully saturated rings. The zero-order chi connectivity index (χ0) is 20.1. The second-order valence-electron chi connectivity index (χ2n) is 6.72. The number of para-hydroxylation sites is 2. The number of hydrogen-bond acceptors (Lipinski definition) is 3. The van der Waals surface area contributed by atoms with E-state index in [1.165, 1.54) is 6.07 Å². The van der Waals surface area contributed by atoms with Crippen LogP contribution < -0.4 is 15.0 Å². The van der Waals surface area contributed by atoms with Crippen LogP contribution >= 0.6 is 0 Å². The van der Waals surface area contributed by atoms with Crippen LogP contribution in [0.25, 0.3) is 0 Å². The molecule has 2 amide bonds. The van der Waals surface area contributed by atoms with Crippen LogP contribution in [0.15, 0.2) is 42.5 Å². The predicted molar refractivity (Wildman–Crippen MR) is 105 cm³/mol. The van der Waals surface area contributed by atoms with Gasteiger partial charge in [-0.15, -0.1) is 0 Å². The first-order valence-electron chi connectivity index (χ1n) is 9.46. The van der Waals surface area contributed by atoms with Crippen molar-refractivity contribution in [2.75, 3.05) is 37.7 Å². The summed E-state index contributed by atoms with van der Waals surface area (Å²) >= 11 is 0. The van der Waals surface area contributed by atoms with Crippen LogP contribution in [0.1, 0.15) is 25.5 Å². The summed E-state index contributed by atoms with van der Waals surface area (Å²) in [5.41, 5.74) is 1.55. The molecule has 5 nitrogen and oxygen atoms in total. The van der Waals surface area contributed by atoms with E-state index >= 15 is 0 Å². The number of rotatable bonds is 5. The molecule has 1 atom stereocenters. The third kappa shape index (κ3) is 4.52. The first-order chi connectivity index (χ1) is 13.5. The molecule has 1 saturated heterocycles. The lowest BCUT2D eigenvalue weighted by Gasteiger charge is -2.37. The Bertz CT molecular complexity index is 823. The fourth-order valence-electron chi connectivity index (χ4n) is 3.29. The molecule has 0 aliphatic carbocycles. The first-order valence-corrected chi connectivity index (χ1v) is 9.46. The van der Waals surface area contributed by atoms with Crippen LogP contribution in [0.3, 0.4) is 0 Å². The molecule has 1 N–H and O–H groups in total. The number of piperazine rings is 1. The number of benzene rings is 2. The molecule has 28 heavy (non-hydrogen) atoms. The molecular weight excluding hydrogens is 364 g/mol. The Hall–Kier alpha value is -2.83. The average molecular weight is 389 g/mol. The van der Waals surface area contributed by atoms with E-state index in [1.54, 1.807) is 11.8 Å². The first kappa shape index (κ1) is 19.9. The Balaban J connectivity index is 1.57. The predicted octanol–water partition coefficient (Wildman–Crippen LogP) is 3.96. The van der Waals surface area contributed by atoms with Gasteiger partial charge in [0.2, 0.25) is 0 Å². The van der Waals surface area contributed by atoms with Gasteiger partial charge in [-0.1, -0.05) is 18.2 Å². The highest BCUT2D eigenvalue weighted by atomic mass is 19.2. The Morgan fingerprint density at radius 1 is 1.11 bits per heavy atom. The van der Waals surface area contributed by atoms with Crippen LogP contribution in [0, 0.1) is 11.6 Å². The zero-order valence-electron chi connectivity index (χ0n) is 16.1. The molecule has 2 aromatic rings. The number of nitrogens with one attached hydrogen (secondary N) is 1. The maximum absolute atomic E-state index is 13.4. The summed E-state index contributed by atoms with van der Waals surface area (Å²) in [7, 11) is 0. The summed E-state index contributed by atoms with van der Waals surface area (Å²) < 4.78 is 32.2. The van der Waals surface area contributed by atoms with Gasteiger partial charge in [-0.25, -0.2) is 13.6 Å². The highest BCUT2D eigenvalue weighted by molar-refractivity contribution is 5.75. The van der Waals surface area contributed by atoms with Gasteiger partial charge in [-0.2, -0.15) is 0 Å². The van der Waals surface area contributed by atoms with Gasteiger partial charge in [0.05, 0.1) is 18.3 Å². The van der Waals surface area contributed by atoms with Gasteiger partial charge in [-0.05, 0) is 43.7 Å². The minimum absolute atomic E-state index is 0.213. The standard InChI is InChI=1S/C21H25F2N3O2/c1-3-28-20-7-5-4-6-19(20)25-10-12-26(13-11-25)21(27)24-15(2)16-8-9-17(22)18(23)14-16/h4-9,14-15H,3,10-13H2,1-2H3,(H,24,27)/t15-/m0/s1. The number of ether oxygens (including phenoxy) is 1. The number of urea groups is 1. The van der Waals surface area contributed by atoms with Crippen LogP contribution in [0.4, 0.5) is 19.3 Å². The molecule has 0 spiro atoms. The Morgan fingerprint density at radius 2 is 1.82 bits per heavy atom. The molecule has 0 unspecified atom stereocenters. The average Bonchev–Trinajstić information content (AvgIpc) is 2.71. The number of amides is 2. The van der Waals surface area contributed by atoms with Gasteiger partial charge in [-0.3, -0.25) is 0 Å². The zero-order valence-corrected chi connectivity index (χ0v) is 16.1. The lowest BCUT2D eigenvalue weighted by molar-refractivity contribution is 0.191. The van der Waals surface area contributed by atoms with Crippen molar-refractivity contribution < 1.29 is 18.3 Å². The normalized spacial score (nSPS) is 15.3. The summed E-state index contributed by atoms with van der Waals surface area (Å²) in [6.45, 7) is 6.81. The molecule has 0 aromatic heterocycles. The minimum Gasteiger partial charge on any atom is -0.492 e. The fourth-order valence-corrected chi connectivity index (χ4v) is 3.29. The maximum Gasteiger partial charge on any atom is 0.317 e. The van der Waals surface area contributed by atoms with Gasteiger partial charge < -0.3 is 19.9 Å². The van der Waals surface area contributed by atoms with E-state index in [0.717, 1.165) is 23.6 Å². The Morgan fingerprint density at radius 3 is 2.50 bits per heavy atom. The van der Waals surface area contributed by atoms with E-state index in [9.17, 15) is 13.6 Å². The van der Waals surface area contributed by atoms with Gasteiger partial charge >= 0.3 is 6.03 Å². The third-order valence-corrected chi connectivity index (χ3v) is 4.86. The molecule has 1 heterocycles. The number of hydrogen-bond donors (Lipinski definition) is 1. The summed E-state index contributed by atoms with van der Waals surface area (Å²) in [4.78, 5) is 16.5. The Labute approximate surface area is 163 Å². The van der Waals surface area contributed by atoms with Crippen LogP contribution in [-0.2, 0) is 0 Å². The molecule has 1 aliphatic rings. The number of carbonyl (C=O) groups is 1. The second kappa shape index (κ2) is 8.91. The molecule has 2 aromatic carbocycles. The lowest BCUT2D eigenvalue weighted by Crippen LogP contribution is -2.52. The third-order valence-electron chi connectivity index (χ3n) is 4.86. The van der Waals surface area contributed by atoms with Crippen LogP contribution in [0.5, 0.6) is 5.75 Å². The summed E-state index contributed by atoms with van der Waals surface area (Å²) in [5.74, 6) is -0.972. The van der Waals surface area contributed by atoms with Crippen molar-refractivity contribution in [2.45, 2.75) is 19.9 Å². The fraction of sp³-hybridized carbons (Fsp3) is 0.381. The van der Waals surface area contributed by atoms with E-state index in [0.29, 0.717) is 38.3 Å². The number of carbonyl (C=O) groups excluding carboxylic acids is 1. The topological polar surface area (TPSA) is 44.8 Å².